The molecule has 3 rings (SSSR count). The van der Waals surface area contributed by atoms with Crippen molar-refractivity contribution in [2.45, 2.75) is 19.0 Å². The van der Waals surface area contributed by atoms with Gasteiger partial charge in [-0.3, -0.25) is 9.89 Å². The number of nitrogens with zero attached hydrogens (tertiary/aromatic N) is 3. The lowest BCUT2D eigenvalue weighted by Gasteiger charge is -2.21. The summed E-state index contributed by atoms with van der Waals surface area (Å²) in [5.74, 6) is 0.919. The van der Waals surface area contributed by atoms with E-state index in [1.165, 1.54) is 11.8 Å². The molecule has 26 heavy (non-hydrogen) atoms. The standard InChI is InChI=1S/C18H21N5OS2/c1-3-23(4-2)14-9-7-13(8-10-14)19-16(24)12-26-18-20-17(21-22-18)15-6-5-11-25-15/h5-11H,3-4,12H2,1-2H3,(H,19,24)(H,20,21,22). The van der Waals surface area contributed by atoms with Gasteiger partial charge in [-0.1, -0.05) is 17.8 Å². The number of thioether (sulfide) groups is 1. The van der Waals surface area contributed by atoms with Crippen LogP contribution >= 0.6 is 23.1 Å². The Bertz CT molecular complexity index is 826. The van der Waals surface area contributed by atoms with Gasteiger partial charge < -0.3 is 10.2 Å². The third-order valence-corrected chi connectivity index (χ3v) is 5.56. The number of benzene rings is 1. The van der Waals surface area contributed by atoms with Gasteiger partial charge in [0.25, 0.3) is 0 Å². The summed E-state index contributed by atoms with van der Waals surface area (Å²) in [7, 11) is 0. The lowest BCUT2D eigenvalue weighted by molar-refractivity contribution is -0.113. The first-order valence-corrected chi connectivity index (χ1v) is 10.3. The molecule has 0 bridgehead atoms. The molecule has 0 spiro atoms. The highest BCUT2D eigenvalue weighted by atomic mass is 32.2. The van der Waals surface area contributed by atoms with Crippen molar-refractivity contribution in [1.82, 2.24) is 15.2 Å². The highest BCUT2D eigenvalue weighted by Crippen LogP contribution is 2.23. The SMILES string of the molecule is CCN(CC)c1ccc(NC(=O)CSc2n[nH]c(-c3cccs3)n2)cc1. The van der Waals surface area contributed by atoms with Crippen LogP contribution < -0.4 is 10.2 Å². The van der Waals surface area contributed by atoms with E-state index < -0.39 is 0 Å². The van der Waals surface area contributed by atoms with E-state index in [0.29, 0.717) is 5.16 Å². The van der Waals surface area contributed by atoms with E-state index in [1.807, 2.05) is 41.8 Å². The summed E-state index contributed by atoms with van der Waals surface area (Å²) in [6, 6.07) is 11.9. The molecule has 0 aliphatic heterocycles. The van der Waals surface area contributed by atoms with Crippen LogP contribution in [-0.2, 0) is 4.79 Å². The number of amides is 1. The van der Waals surface area contributed by atoms with Gasteiger partial charge in [0, 0.05) is 24.5 Å². The maximum Gasteiger partial charge on any atom is 0.234 e. The molecule has 0 radical (unpaired) electrons. The highest BCUT2D eigenvalue weighted by Gasteiger charge is 2.10. The number of hydrogen-bond acceptors (Lipinski definition) is 6. The number of nitrogens with one attached hydrogen (secondary N) is 2. The topological polar surface area (TPSA) is 73.9 Å². The first kappa shape index (κ1) is 18.5. The van der Waals surface area contributed by atoms with E-state index in [1.54, 1.807) is 11.3 Å². The van der Waals surface area contributed by atoms with Crippen LogP contribution in [0.5, 0.6) is 0 Å². The molecule has 136 valence electrons. The zero-order valence-electron chi connectivity index (χ0n) is 14.7. The molecule has 0 saturated heterocycles. The van der Waals surface area contributed by atoms with Crippen molar-refractivity contribution in [2.75, 3.05) is 29.1 Å². The number of rotatable bonds is 8. The number of aromatic amines is 1. The fourth-order valence-corrected chi connectivity index (χ4v) is 3.77. The second-order valence-electron chi connectivity index (χ2n) is 5.50. The molecule has 2 N–H and O–H groups in total. The number of carbonyl (C=O) groups is 1. The molecule has 3 aromatic rings. The Morgan fingerprint density at radius 1 is 1.23 bits per heavy atom. The molecule has 2 aromatic heterocycles. The number of anilines is 2. The van der Waals surface area contributed by atoms with E-state index in [0.717, 1.165) is 35.2 Å². The predicted octanol–water partition coefficient (Wildman–Crippen LogP) is 4.11. The van der Waals surface area contributed by atoms with Gasteiger partial charge in [-0.2, -0.15) is 0 Å². The molecule has 8 heteroatoms. The van der Waals surface area contributed by atoms with Gasteiger partial charge in [0.05, 0.1) is 10.6 Å². The van der Waals surface area contributed by atoms with Gasteiger partial charge in [0.15, 0.2) is 5.82 Å². The minimum atomic E-state index is -0.0759. The van der Waals surface area contributed by atoms with E-state index in [9.17, 15) is 4.79 Å². The van der Waals surface area contributed by atoms with Gasteiger partial charge >= 0.3 is 0 Å². The summed E-state index contributed by atoms with van der Waals surface area (Å²) in [5.41, 5.74) is 1.95. The molecule has 0 atom stereocenters. The van der Waals surface area contributed by atoms with Crippen molar-refractivity contribution in [3.05, 3.63) is 41.8 Å². The van der Waals surface area contributed by atoms with Crippen molar-refractivity contribution in [2.24, 2.45) is 0 Å². The summed E-state index contributed by atoms with van der Waals surface area (Å²) in [4.78, 5) is 19.8. The van der Waals surface area contributed by atoms with E-state index in [4.69, 9.17) is 0 Å². The molecule has 1 aromatic carbocycles. The van der Waals surface area contributed by atoms with Crippen LogP contribution in [0.3, 0.4) is 0 Å². The Morgan fingerprint density at radius 3 is 2.65 bits per heavy atom. The summed E-state index contributed by atoms with van der Waals surface area (Å²) in [6.07, 6.45) is 0. The summed E-state index contributed by atoms with van der Waals surface area (Å²) in [5, 5.41) is 12.5. The average molecular weight is 388 g/mol. The van der Waals surface area contributed by atoms with Crippen molar-refractivity contribution in [1.29, 1.82) is 0 Å². The molecule has 0 aliphatic carbocycles. The van der Waals surface area contributed by atoms with Crippen LogP contribution in [0.15, 0.2) is 46.9 Å². The third-order valence-electron chi connectivity index (χ3n) is 3.83. The molecule has 6 nitrogen and oxygen atoms in total. The zero-order chi connectivity index (χ0) is 18.4. The number of thiophene rings is 1. The second kappa shape index (κ2) is 8.86. The number of aromatic nitrogens is 3. The maximum atomic E-state index is 12.1. The smallest absolute Gasteiger partial charge is 0.234 e. The molecule has 0 aliphatic rings. The number of hydrogen-bond donors (Lipinski definition) is 2. The van der Waals surface area contributed by atoms with Gasteiger partial charge in [-0.25, -0.2) is 4.98 Å². The fourth-order valence-electron chi connectivity index (χ4n) is 2.51. The van der Waals surface area contributed by atoms with Gasteiger partial charge in [-0.05, 0) is 49.6 Å². The van der Waals surface area contributed by atoms with E-state index >= 15 is 0 Å². The maximum absolute atomic E-state index is 12.1. The lowest BCUT2D eigenvalue weighted by Crippen LogP contribution is -2.21. The van der Waals surface area contributed by atoms with E-state index in [-0.39, 0.29) is 11.7 Å². The summed E-state index contributed by atoms with van der Waals surface area (Å²) < 4.78 is 0. The van der Waals surface area contributed by atoms with Crippen LogP contribution in [0.4, 0.5) is 11.4 Å². The molecule has 0 fully saturated rings. The summed E-state index contributed by atoms with van der Waals surface area (Å²) >= 11 is 2.91. The second-order valence-corrected chi connectivity index (χ2v) is 7.39. The Labute approximate surface area is 161 Å². The first-order valence-electron chi connectivity index (χ1n) is 8.43. The van der Waals surface area contributed by atoms with Crippen molar-refractivity contribution in [3.8, 4) is 10.7 Å². The minimum Gasteiger partial charge on any atom is -0.372 e. The fraction of sp³-hybridized carbons (Fsp3) is 0.278. The van der Waals surface area contributed by atoms with Gasteiger partial charge in [0.2, 0.25) is 11.1 Å². The Kier molecular flexibility index (Phi) is 6.30. The minimum absolute atomic E-state index is 0.0759. The largest absolute Gasteiger partial charge is 0.372 e. The predicted molar refractivity (Wildman–Crippen MR) is 109 cm³/mol. The Morgan fingerprint density at radius 2 is 2.00 bits per heavy atom. The Hall–Kier alpha value is -2.32. The van der Waals surface area contributed by atoms with Gasteiger partial charge in [0.1, 0.15) is 0 Å². The summed E-state index contributed by atoms with van der Waals surface area (Å²) in [6.45, 7) is 6.18. The quantitative estimate of drug-likeness (QED) is 0.569. The van der Waals surface area contributed by atoms with Crippen molar-refractivity contribution >= 4 is 40.4 Å². The third kappa shape index (κ3) is 4.64. The number of H-pyrrole nitrogens is 1. The van der Waals surface area contributed by atoms with Crippen LogP contribution in [0.1, 0.15) is 13.8 Å². The molecule has 0 saturated carbocycles. The van der Waals surface area contributed by atoms with Gasteiger partial charge in [-0.15, -0.1) is 16.4 Å². The molecule has 2 heterocycles. The highest BCUT2D eigenvalue weighted by molar-refractivity contribution is 7.99. The average Bonchev–Trinajstić information content (AvgIpc) is 3.34. The normalized spacial score (nSPS) is 10.7. The first-order chi connectivity index (χ1) is 12.7. The molecular formula is C18H21N5OS2. The Balaban J connectivity index is 1.51. The van der Waals surface area contributed by atoms with E-state index in [2.05, 4.69) is 39.2 Å². The van der Waals surface area contributed by atoms with Crippen molar-refractivity contribution < 1.29 is 4.79 Å². The van der Waals surface area contributed by atoms with Crippen LogP contribution in [0.2, 0.25) is 0 Å². The van der Waals surface area contributed by atoms with Crippen LogP contribution in [0, 0.1) is 0 Å². The molecular weight excluding hydrogens is 366 g/mol. The molecule has 0 unspecified atom stereocenters. The van der Waals surface area contributed by atoms with Crippen LogP contribution in [0.25, 0.3) is 10.7 Å². The number of carbonyl (C=O) groups excluding carboxylic acids is 1. The lowest BCUT2D eigenvalue weighted by atomic mass is 10.2. The monoisotopic (exact) mass is 387 g/mol. The van der Waals surface area contributed by atoms with Crippen molar-refractivity contribution in [3.63, 3.8) is 0 Å². The van der Waals surface area contributed by atoms with Crippen LogP contribution in [-0.4, -0.2) is 39.9 Å². The molecule has 1 amide bonds. The zero-order valence-corrected chi connectivity index (χ0v) is 16.4.